The Hall–Kier alpha value is -0.110. The van der Waals surface area contributed by atoms with Crippen LogP contribution >= 0.6 is 0 Å². The molecule has 0 rings (SSSR count). The first-order valence-electron chi connectivity index (χ1n) is 4.70. The third-order valence-electron chi connectivity index (χ3n) is 2.11. The molecule has 0 N–H and O–H groups in total. The van der Waals surface area contributed by atoms with Crippen LogP contribution in [-0.2, 0) is 4.74 Å². The Balaban J connectivity index is 4.24. The molecule has 1 nitrogen and oxygen atoms in total. The first-order chi connectivity index (χ1) is 5.37. The van der Waals surface area contributed by atoms with E-state index in [1.807, 2.05) is 34.6 Å². The van der Waals surface area contributed by atoms with E-state index in [0.717, 1.165) is 6.42 Å². The molecule has 0 radical (unpaired) electrons. The van der Waals surface area contributed by atoms with Crippen LogP contribution in [0.25, 0.3) is 0 Å². The Kier molecular flexibility index (Phi) is 4.18. The number of ether oxygens (including phenoxy) is 1. The molecule has 0 aliphatic rings. The van der Waals surface area contributed by atoms with Gasteiger partial charge in [-0.25, -0.2) is 4.39 Å². The van der Waals surface area contributed by atoms with E-state index in [0.29, 0.717) is 13.0 Å². The average Bonchev–Trinajstić information content (AvgIpc) is 1.98. The molecule has 1 atom stereocenters. The summed E-state index contributed by atoms with van der Waals surface area (Å²) in [6, 6.07) is 0. The monoisotopic (exact) mass is 176 g/mol. The summed E-state index contributed by atoms with van der Waals surface area (Å²) in [7, 11) is 0. The fourth-order valence-electron chi connectivity index (χ4n) is 1.11. The molecule has 0 fully saturated rings. The molecule has 12 heavy (non-hydrogen) atoms. The highest BCUT2D eigenvalue weighted by Crippen LogP contribution is 2.37. The molecule has 2 heteroatoms. The van der Waals surface area contributed by atoms with E-state index in [1.165, 1.54) is 0 Å². The molecule has 0 aliphatic carbocycles. The van der Waals surface area contributed by atoms with Gasteiger partial charge in [0, 0.05) is 11.8 Å². The van der Waals surface area contributed by atoms with E-state index >= 15 is 0 Å². The van der Waals surface area contributed by atoms with Gasteiger partial charge in [-0.05, 0) is 6.42 Å². The molecule has 0 heterocycles. The van der Waals surface area contributed by atoms with Crippen molar-refractivity contribution >= 4 is 0 Å². The van der Waals surface area contributed by atoms with Crippen molar-refractivity contribution in [3.05, 3.63) is 0 Å². The Morgan fingerprint density at radius 1 is 1.17 bits per heavy atom. The Labute approximate surface area is 75.3 Å². The molecule has 1 unspecified atom stereocenters. The number of rotatable bonds is 4. The molecule has 0 saturated carbocycles. The topological polar surface area (TPSA) is 9.23 Å². The fourth-order valence-corrected chi connectivity index (χ4v) is 1.11. The van der Waals surface area contributed by atoms with Crippen LogP contribution in [0.15, 0.2) is 0 Å². The first kappa shape index (κ1) is 11.9. The van der Waals surface area contributed by atoms with Crippen molar-refractivity contribution < 1.29 is 9.13 Å². The first-order valence-corrected chi connectivity index (χ1v) is 4.70. The van der Waals surface area contributed by atoms with E-state index in [1.54, 1.807) is 0 Å². The molecule has 0 spiro atoms. The van der Waals surface area contributed by atoms with Crippen molar-refractivity contribution in [2.45, 2.75) is 53.3 Å². The third kappa shape index (κ3) is 2.74. The summed E-state index contributed by atoms with van der Waals surface area (Å²) in [6.07, 6.45) is 1.28. The molecule has 74 valence electrons. The molecule has 0 aromatic rings. The summed E-state index contributed by atoms with van der Waals surface area (Å²) in [5, 5.41) is 0. The van der Waals surface area contributed by atoms with E-state index in [9.17, 15) is 4.39 Å². The summed E-state index contributed by atoms with van der Waals surface area (Å²) < 4.78 is 19.2. The normalized spacial score (nSPS) is 17.5. The average molecular weight is 176 g/mol. The smallest absolute Gasteiger partial charge is 0.213 e. The highest BCUT2D eigenvalue weighted by molar-refractivity contribution is 4.81. The lowest BCUT2D eigenvalue weighted by Crippen LogP contribution is -2.40. The van der Waals surface area contributed by atoms with E-state index in [4.69, 9.17) is 4.74 Å². The largest absolute Gasteiger partial charge is 0.345 e. The lowest BCUT2D eigenvalue weighted by Gasteiger charge is -2.36. The Bertz CT molecular complexity index is 128. The summed E-state index contributed by atoms with van der Waals surface area (Å²) >= 11 is 0. The minimum Gasteiger partial charge on any atom is -0.345 e. The summed E-state index contributed by atoms with van der Waals surface area (Å²) in [5.41, 5.74) is -0.434. The van der Waals surface area contributed by atoms with E-state index in [-0.39, 0.29) is 0 Å². The standard InChI is InChI=1S/C10H21FO/c1-6-8-12-10(11,7-2)9(3,4)5/h6-8H2,1-5H3. The van der Waals surface area contributed by atoms with Crippen molar-refractivity contribution in [1.82, 2.24) is 0 Å². The van der Waals surface area contributed by atoms with Gasteiger partial charge in [0.25, 0.3) is 0 Å². The third-order valence-corrected chi connectivity index (χ3v) is 2.11. The second-order valence-corrected chi connectivity index (χ2v) is 4.18. The highest BCUT2D eigenvalue weighted by Gasteiger charge is 2.41. The van der Waals surface area contributed by atoms with Gasteiger partial charge < -0.3 is 4.74 Å². The minimum atomic E-state index is -1.47. The number of hydrogen-bond acceptors (Lipinski definition) is 1. The van der Waals surface area contributed by atoms with Gasteiger partial charge in [-0.2, -0.15) is 0 Å². The van der Waals surface area contributed by atoms with Crippen LogP contribution in [0.1, 0.15) is 47.5 Å². The Morgan fingerprint density at radius 3 is 1.92 bits per heavy atom. The lowest BCUT2D eigenvalue weighted by molar-refractivity contribution is -0.210. The van der Waals surface area contributed by atoms with Crippen molar-refractivity contribution in [1.29, 1.82) is 0 Å². The van der Waals surface area contributed by atoms with Crippen molar-refractivity contribution in [3.8, 4) is 0 Å². The maximum atomic E-state index is 14.0. The van der Waals surface area contributed by atoms with Crippen LogP contribution in [0.3, 0.4) is 0 Å². The summed E-state index contributed by atoms with van der Waals surface area (Å²) in [6.45, 7) is 9.91. The molecule has 0 bridgehead atoms. The van der Waals surface area contributed by atoms with Crippen LogP contribution in [0, 0.1) is 5.41 Å². The number of hydrogen-bond donors (Lipinski definition) is 0. The van der Waals surface area contributed by atoms with Crippen molar-refractivity contribution in [2.24, 2.45) is 5.41 Å². The zero-order chi connectivity index (χ0) is 9.83. The summed E-state index contributed by atoms with van der Waals surface area (Å²) in [4.78, 5) is 0. The highest BCUT2D eigenvalue weighted by atomic mass is 19.2. The van der Waals surface area contributed by atoms with Gasteiger partial charge in [0.05, 0.1) is 6.61 Å². The SMILES string of the molecule is CCCOC(F)(CC)C(C)(C)C. The van der Waals surface area contributed by atoms with Crippen LogP contribution in [-0.4, -0.2) is 12.5 Å². The molecule has 0 saturated heterocycles. The van der Waals surface area contributed by atoms with Crippen LogP contribution < -0.4 is 0 Å². The predicted molar refractivity (Wildman–Crippen MR) is 49.8 cm³/mol. The molecular weight excluding hydrogens is 155 g/mol. The van der Waals surface area contributed by atoms with Gasteiger partial charge >= 0.3 is 0 Å². The number of halogens is 1. The Morgan fingerprint density at radius 2 is 1.67 bits per heavy atom. The van der Waals surface area contributed by atoms with Crippen molar-refractivity contribution in [2.75, 3.05) is 6.61 Å². The fraction of sp³-hybridized carbons (Fsp3) is 1.00. The molecule has 0 aromatic carbocycles. The van der Waals surface area contributed by atoms with Crippen LogP contribution in [0.4, 0.5) is 4.39 Å². The minimum absolute atomic E-state index is 0.413. The van der Waals surface area contributed by atoms with E-state index < -0.39 is 11.3 Å². The van der Waals surface area contributed by atoms with Gasteiger partial charge in [0.1, 0.15) is 0 Å². The van der Waals surface area contributed by atoms with E-state index in [2.05, 4.69) is 0 Å². The predicted octanol–water partition coefficient (Wildman–Crippen LogP) is 3.53. The lowest BCUT2D eigenvalue weighted by atomic mass is 9.85. The second kappa shape index (κ2) is 4.22. The molecular formula is C10H21FO. The quantitative estimate of drug-likeness (QED) is 0.636. The van der Waals surface area contributed by atoms with Gasteiger partial charge in [0.2, 0.25) is 5.85 Å². The van der Waals surface area contributed by atoms with Gasteiger partial charge in [-0.15, -0.1) is 0 Å². The molecule has 0 aliphatic heterocycles. The van der Waals surface area contributed by atoms with Crippen molar-refractivity contribution in [3.63, 3.8) is 0 Å². The zero-order valence-corrected chi connectivity index (χ0v) is 8.91. The maximum absolute atomic E-state index is 14.0. The number of alkyl halides is 1. The van der Waals surface area contributed by atoms with Gasteiger partial charge in [0.15, 0.2) is 0 Å². The zero-order valence-electron chi connectivity index (χ0n) is 8.91. The maximum Gasteiger partial charge on any atom is 0.213 e. The van der Waals surface area contributed by atoms with Gasteiger partial charge in [-0.3, -0.25) is 0 Å². The second-order valence-electron chi connectivity index (χ2n) is 4.18. The van der Waals surface area contributed by atoms with Crippen LogP contribution in [0.2, 0.25) is 0 Å². The summed E-state index contributed by atoms with van der Waals surface area (Å²) in [5.74, 6) is -1.47. The van der Waals surface area contributed by atoms with Crippen LogP contribution in [0.5, 0.6) is 0 Å². The molecule has 0 amide bonds. The van der Waals surface area contributed by atoms with Gasteiger partial charge in [-0.1, -0.05) is 34.6 Å². The molecule has 0 aromatic heterocycles.